The number of nitrogens with one attached hydrogen (secondary N) is 2. The summed E-state index contributed by atoms with van der Waals surface area (Å²) < 4.78 is 10.2. The summed E-state index contributed by atoms with van der Waals surface area (Å²) in [5.74, 6) is -1.67. The molecule has 0 bridgehead atoms. The summed E-state index contributed by atoms with van der Waals surface area (Å²) >= 11 is 7.58. The number of carbonyl (C=O) groups excluding carboxylic acids is 4. The van der Waals surface area contributed by atoms with E-state index in [-0.39, 0.29) is 28.5 Å². The molecule has 0 aliphatic rings. The van der Waals surface area contributed by atoms with Gasteiger partial charge in [0, 0.05) is 11.3 Å². The molecule has 1 aromatic heterocycles. The number of aryl methyl sites for hydroxylation is 1. The number of thioether (sulfide) groups is 1. The van der Waals surface area contributed by atoms with Gasteiger partial charge in [0.25, 0.3) is 5.91 Å². The van der Waals surface area contributed by atoms with Gasteiger partial charge in [0.15, 0.2) is 6.61 Å². The number of ether oxygens (including phenoxy) is 2. The van der Waals surface area contributed by atoms with E-state index in [0.717, 1.165) is 0 Å². The first-order valence-electron chi connectivity index (χ1n) is 10.3. The molecule has 0 radical (unpaired) electrons. The number of ketones is 1. The van der Waals surface area contributed by atoms with Crippen LogP contribution in [0.5, 0.6) is 0 Å². The van der Waals surface area contributed by atoms with E-state index in [1.165, 1.54) is 11.8 Å². The van der Waals surface area contributed by atoms with E-state index < -0.39 is 36.3 Å². The zero-order valence-electron chi connectivity index (χ0n) is 19.0. The molecule has 0 fully saturated rings. The van der Waals surface area contributed by atoms with E-state index in [2.05, 4.69) is 10.3 Å². The number of aromatic amines is 1. The summed E-state index contributed by atoms with van der Waals surface area (Å²) in [5.41, 5.74) is 1.60. The van der Waals surface area contributed by atoms with E-state index >= 15 is 0 Å². The van der Waals surface area contributed by atoms with Gasteiger partial charge in [-0.15, -0.1) is 0 Å². The fraction of sp³-hybridized carbons (Fsp3) is 0.391. The highest BCUT2D eigenvalue weighted by atomic mass is 35.5. The van der Waals surface area contributed by atoms with Gasteiger partial charge in [0.1, 0.15) is 11.7 Å². The summed E-state index contributed by atoms with van der Waals surface area (Å²) in [6.07, 6.45) is 2.19. The van der Waals surface area contributed by atoms with Crippen LogP contribution in [0.2, 0.25) is 5.02 Å². The second-order valence-electron chi connectivity index (χ2n) is 7.16. The quantitative estimate of drug-likeness (QED) is 0.361. The highest BCUT2D eigenvalue weighted by Gasteiger charge is 2.27. The molecule has 8 nitrogen and oxygen atoms in total. The fourth-order valence-electron chi connectivity index (χ4n) is 3.25. The fourth-order valence-corrected chi connectivity index (χ4v) is 3.94. The number of amides is 1. The maximum atomic E-state index is 12.8. The summed E-state index contributed by atoms with van der Waals surface area (Å²) in [7, 11) is 0. The number of benzene rings is 1. The Labute approximate surface area is 201 Å². The van der Waals surface area contributed by atoms with Gasteiger partial charge in [-0.2, -0.15) is 11.8 Å². The van der Waals surface area contributed by atoms with Crippen molar-refractivity contribution in [3.05, 3.63) is 57.4 Å². The first-order chi connectivity index (χ1) is 15.7. The second kappa shape index (κ2) is 12.5. The van der Waals surface area contributed by atoms with E-state index in [1.807, 2.05) is 6.26 Å². The number of aromatic nitrogens is 1. The third-order valence-corrected chi connectivity index (χ3v) is 5.83. The predicted octanol–water partition coefficient (Wildman–Crippen LogP) is 3.74. The Morgan fingerprint density at radius 1 is 1.15 bits per heavy atom. The van der Waals surface area contributed by atoms with Crippen molar-refractivity contribution in [1.82, 2.24) is 10.3 Å². The van der Waals surface area contributed by atoms with Crippen LogP contribution >= 0.6 is 23.4 Å². The minimum Gasteiger partial charge on any atom is -0.461 e. The lowest BCUT2D eigenvalue weighted by atomic mass is 10.1. The number of H-pyrrole nitrogens is 1. The minimum atomic E-state index is -0.947. The topological polar surface area (TPSA) is 115 Å². The van der Waals surface area contributed by atoms with Gasteiger partial charge in [-0.25, -0.2) is 9.59 Å². The molecule has 2 N–H and O–H groups in total. The predicted molar refractivity (Wildman–Crippen MR) is 127 cm³/mol. The minimum absolute atomic E-state index is 0.189. The largest absolute Gasteiger partial charge is 0.461 e. The smallest absolute Gasteiger partial charge is 0.355 e. The number of esters is 2. The highest BCUT2D eigenvalue weighted by Crippen LogP contribution is 2.20. The average Bonchev–Trinajstić information content (AvgIpc) is 3.09. The molecule has 0 aliphatic heterocycles. The molecular formula is C23H27ClN2O6S. The lowest BCUT2D eigenvalue weighted by molar-refractivity contribution is -0.144. The van der Waals surface area contributed by atoms with Crippen molar-refractivity contribution in [3.8, 4) is 0 Å². The molecule has 1 aromatic carbocycles. The molecule has 1 unspecified atom stereocenters. The summed E-state index contributed by atoms with van der Waals surface area (Å²) in [5, 5.41) is 2.90. The monoisotopic (exact) mass is 494 g/mol. The third-order valence-electron chi connectivity index (χ3n) is 4.86. The van der Waals surface area contributed by atoms with Crippen molar-refractivity contribution in [2.24, 2.45) is 0 Å². The number of Topliss-reactive ketones (excluding diaryl/α,β-unsaturated/α-hetero) is 1. The Bertz CT molecular complexity index is 1040. The van der Waals surface area contributed by atoms with E-state index in [1.54, 1.807) is 45.0 Å². The second-order valence-corrected chi connectivity index (χ2v) is 8.56. The standard InChI is InChI=1S/C23H27ClN2O6S/c1-5-31-23(30)20-13(2)19(14(3)25-20)18(27)12-32-22(29)17(10-11-33-4)26-21(28)15-8-6-7-9-16(15)24/h6-9,17,25H,5,10-12H2,1-4H3,(H,26,28). The molecule has 2 aromatic rings. The molecular weight excluding hydrogens is 468 g/mol. The van der Waals surface area contributed by atoms with Gasteiger partial charge in [-0.1, -0.05) is 23.7 Å². The lowest BCUT2D eigenvalue weighted by Gasteiger charge is -2.17. The van der Waals surface area contributed by atoms with Crippen molar-refractivity contribution < 1.29 is 28.7 Å². The van der Waals surface area contributed by atoms with Crippen LogP contribution in [0.25, 0.3) is 0 Å². The van der Waals surface area contributed by atoms with Crippen molar-refractivity contribution in [2.75, 3.05) is 25.2 Å². The number of hydrogen-bond acceptors (Lipinski definition) is 7. The Kier molecular flexibility index (Phi) is 9.99. The van der Waals surface area contributed by atoms with Crippen molar-refractivity contribution in [3.63, 3.8) is 0 Å². The zero-order valence-corrected chi connectivity index (χ0v) is 20.5. The molecule has 1 amide bonds. The van der Waals surface area contributed by atoms with Crippen LogP contribution in [-0.4, -0.2) is 59.9 Å². The van der Waals surface area contributed by atoms with Crippen LogP contribution in [0.15, 0.2) is 24.3 Å². The van der Waals surface area contributed by atoms with Crippen molar-refractivity contribution in [1.29, 1.82) is 0 Å². The number of carbonyl (C=O) groups is 4. The van der Waals surface area contributed by atoms with Gasteiger partial charge in [-0.3, -0.25) is 9.59 Å². The maximum Gasteiger partial charge on any atom is 0.355 e. The maximum absolute atomic E-state index is 12.8. The van der Waals surface area contributed by atoms with Crippen LogP contribution in [0.3, 0.4) is 0 Å². The van der Waals surface area contributed by atoms with Crippen molar-refractivity contribution >= 4 is 47.0 Å². The normalized spacial score (nSPS) is 11.5. The van der Waals surface area contributed by atoms with Crippen molar-refractivity contribution in [2.45, 2.75) is 33.2 Å². The Morgan fingerprint density at radius 3 is 2.48 bits per heavy atom. The van der Waals surface area contributed by atoms with Crippen LogP contribution < -0.4 is 5.32 Å². The molecule has 0 saturated heterocycles. The molecule has 0 saturated carbocycles. The average molecular weight is 495 g/mol. The van der Waals surface area contributed by atoms with E-state index in [0.29, 0.717) is 23.4 Å². The summed E-state index contributed by atoms with van der Waals surface area (Å²) in [6, 6.07) is 5.55. The third kappa shape index (κ3) is 6.85. The van der Waals surface area contributed by atoms with Gasteiger partial charge in [-0.05, 0) is 56.9 Å². The Morgan fingerprint density at radius 2 is 1.85 bits per heavy atom. The Balaban J connectivity index is 2.09. The molecule has 33 heavy (non-hydrogen) atoms. The summed E-state index contributed by atoms with van der Waals surface area (Å²) in [4.78, 5) is 52.9. The van der Waals surface area contributed by atoms with Gasteiger partial charge < -0.3 is 19.8 Å². The number of hydrogen-bond donors (Lipinski definition) is 2. The number of halogens is 1. The van der Waals surface area contributed by atoms with Gasteiger partial charge in [0.05, 0.1) is 17.2 Å². The lowest BCUT2D eigenvalue weighted by Crippen LogP contribution is -2.42. The van der Waals surface area contributed by atoms with Crippen LogP contribution in [-0.2, 0) is 14.3 Å². The molecule has 178 valence electrons. The molecule has 1 heterocycles. The SMILES string of the molecule is CCOC(=O)c1[nH]c(C)c(C(=O)COC(=O)C(CCSC)NC(=O)c2ccccc2Cl)c1C. The Hall–Kier alpha value is -2.78. The molecule has 10 heteroatoms. The molecule has 1 atom stereocenters. The molecule has 0 aliphatic carbocycles. The zero-order chi connectivity index (χ0) is 24.5. The number of rotatable bonds is 11. The first kappa shape index (κ1) is 26.5. The molecule has 2 rings (SSSR count). The van der Waals surface area contributed by atoms with Crippen LogP contribution in [0.1, 0.15) is 55.8 Å². The summed E-state index contributed by atoms with van der Waals surface area (Å²) in [6.45, 7) is 4.63. The van der Waals surface area contributed by atoms with Crippen LogP contribution in [0.4, 0.5) is 0 Å². The van der Waals surface area contributed by atoms with Crippen LogP contribution in [0, 0.1) is 13.8 Å². The van der Waals surface area contributed by atoms with Gasteiger partial charge >= 0.3 is 11.9 Å². The molecule has 0 spiro atoms. The van der Waals surface area contributed by atoms with E-state index in [9.17, 15) is 19.2 Å². The first-order valence-corrected chi connectivity index (χ1v) is 12.1. The van der Waals surface area contributed by atoms with E-state index in [4.69, 9.17) is 21.1 Å². The van der Waals surface area contributed by atoms with Gasteiger partial charge in [0.2, 0.25) is 5.78 Å². The highest BCUT2D eigenvalue weighted by molar-refractivity contribution is 7.98.